The first-order valence-corrected chi connectivity index (χ1v) is 6.65. The van der Waals surface area contributed by atoms with Gasteiger partial charge in [0.05, 0.1) is 5.69 Å². The molecular formula is C14H27N3. The van der Waals surface area contributed by atoms with Crippen molar-refractivity contribution in [3.05, 3.63) is 17.5 Å². The molecule has 0 aliphatic rings. The minimum absolute atomic E-state index is 0.496. The van der Waals surface area contributed by atoms with E-state index in [1.807, 2.05) is 11.7 Å². The van der Waals surface area contributed by atoms with Gasteiger partial charge in [-0.05, 0) is 24.3 Å². The van der Waals surface area contributed by atoms with Crippen molar-refractivity contribution in [2.75, 3.05) is 6.54 Å². The van der Waals surface area contributed by atoms with Crippen molar-refractivity contribution in [2.24, 2.45) is 18.9 Å². The summed E-state index contributed by atoms with van der Waals surface area (Å²) in [6.07, 6.45) is 2.13. The Bertz CT molecular complexity index is 339. The second-order valence-corrected chi connectivity index (χ2v) is 5.72. The molecule has 0 spiro atoms. The molecular weight excluding hydrogens is 210 g/mol. The van der Waals surface area contributed by atoms with Crippen LogP contribution < -0.4 is 5.32 Å². The third-order valence-electron chi connectivity index (χ3n) is 3.40. The molecule has 1 aromatic rings. The highest BCUT2D eigenvalue weighted by Gasteiger charge is 2.12. The van der Waals surface area contributed by atoms with Gasteiger partial charge in [-0.25, -0.2) is 0 Å². The fourth-order valence-electron chi connectivity index (χ4n) is 1.85. The minimum atomic E-state index is 0.496. The van der Waals surface area contributed by atoms with Crippen molar-refractivity contribution in [1.82, 2.24) is 15.1 Å². The summed E-state index contributed by atoms with van der Waals surface area (Å²) < 4.78 is 1.91. The van der Waals surface area contributed by atoms with Gasteiger partial charge >= 0.3 is 0 Å². The Kier molecular flexibility index (Phi) is 5.19. The molecule has 0 aliphatic heterocycles. The van der Waals surface area contributed by atoms with Crippen molar-refractivity contribution in [2.45, 2.75) is 47.1 Å². The van der Waals surface area contributed by atoms with Crippen LogP contribution >= 0.6 is 0 Å². The van der Waals surface area contributed by atoms with E-state index in [0.717, 1.165) is 19.0 Å². The van der Waals surface area contributed by atoms with Gasteiger partial charge in [0.25, 0.3) is 0 Å². The van der Waals surface area contributed by atoms with Crippen molar-refractivity contribution >= 4 is 0 Å². The fourth-order valence-corrected chi connectivity index (χ4v) is 1.85. The third kappa shape index (κ3) is 4.15. The Balaban J connectivity index is 2.51. The second kappa shape index (κ2) is 6.20. The molecule has 3 nitrogen and oxygen atoms in total. The lowest BCUT2D eigenvalue weighted by Gasteiger charge is -2.16. The van der Waals surface area contributed by atoms with E-state index in [1.165, 1.54) is 11.3 Å². The lowest BCUT2D eigenvalue weighted by Crippen LogP contribution is -2.24. The zero-order chi connectivity index (χ0) is 13.0. The fraction of sp³-hybridized carbons (Fsp3) is 0.786. The van der Waals surface area contributed by atoms with Crippen LogP contribution in [0.15, 0.2) is 6.20 Å². The zero-order valence-electron chi connectivity index (χ0n) is 12.1. The van der Waals surface area contributed by atoms with E-state index in [1.54, 1.807) is 0 Å². The normalized spacial score (nSPS) is 13.6. The Labute approximate surface area is 106 Å². The zero-order valence-corrected chi connectivity index (χ0v) is 12.1. The van der Waals surface area contributed by atoms with Gasteiger partial charge in [-0.15, -0.1) is 0 Å². The first-order valence-electron chi connectivity index (χ1n) is 6.65. The monoisotopic (exact) mass is 237 g/mol. The SMILES string of the molecule is CC(C)c1nn(C)cc1CNCC(C)C(C)C. The summed E-state index contributed by atoms with van der Waals surface area (Å²) in [5.74, 6) is 1.95. The third-order valence-corrected chi connectivity index (χ3v) is 3.40. The standard InChI is InChI=1S/C14H27N3/c1-10(2)12(5)7-15-8-13-9-17(6)16-14(13)11(3)4/h9-12,15H,7-8H2,1-6H3. The molecule has 98 valence electrons. The van der Waals surface area contributed by atoms with Gasteiger partial charge in [0.2, 0.25) is 0 Å². The Hall–Kier alpha value is -0.830. The number of aryl methyl sites for hydroxylation is 1. The maximum atomic E-state index is 4.52. The van der Waals surface area contributed by atoms with E-state index in [0.29, 0.717) is 11.8 Å². The molecule has 0 bridgehead atoms. The average Bonchev–Trinajstić information content (AvgIpc) is 2.59. The molecule has 3 heteroatoms. The Morgan fingerprint density at radius 3 is 2.41 bits per heavy atom. The molecule has 1 atom stereocenters. The van der Waals surface area contributed by atoms with Gasteiger partial charge in [-0.3, -0.25) is 4.68 Å². The summed E-state index contributed by atoms with van der Waals surface area (Å²) in [6, 6.07) is 0. The van der Waals surface area contributed by atoms with Crippen LogP contribution in [0, 0.1) is 11.8 Å². The van der Waals surface area contributed by atoms with Gasteiger partial charge in [0, 0.05) is 25.4 Å². The van der Waals surface area contributed by atoms with E-state index < -0.39 is 0 Å². The molecule has 0 radical (unpaired) electrons. The van der Waals surface area contributed by atoms with Crippen LogP contribution in [0.1, 0.15) is 51.8 Å². The lowest BCUT2D eigenvalue weighted by atomic mass is 9.98. The number of nitrogens with one attached hydrogen (secondary N) is 1. The predicted molar refractivity (Wildman–Crippen MR) is 73.0 cm³/mol. The molecule has 0 aromatic carbocycles. The summed E-state index contributed by atoms with van der Waals surface area (Å²) in [5.41, 5.74) is 2.55. The van der Waals surface area contributed by atoms with Crippen molar-refractivity contribution in [1.29, 1.82) is 0 Å². The Morgan fingerprint density at radius 1 is 1.24 bits per heavy atom. The van der Waals surface area contributed by atoms with Gasteiger partial charge in [0.1, 0.15) is 0 Å². The maximum Gasteiger partial charge on any atom is 0.0694 e. The predicted octanol–water partition coefficient (Wildman–Crippen LogP) is 2.93. The van der Waals surface area contributed by atoms with E-state index in [-0.39, 0.29) is 0 Å². The summed E-state index contributed by atoms with van der Waals surface area (Å²) in [5, 5.41) is 8.06. The Morgan fingerprint density at radius 2 is 1.88 bits per heavy atom. The van der Waals surface area contributed by atoms with Crippen molar-refractivity contribution in [3.8, 4) is 0 Å². The molecule has 0 aliphatic carbocycles. The molecule has 0 saturated carbocycles. The number of hydrogen-bond acceptors (Lipinski definition) is 2. The largest absolute Gasteiger partial charge is 0.312 e. The highest BCUT2D eigenvalue weighted by atomic mass is 15.3. The molecule has 17 heavy (non-hydrogen) atoms. The summed E-state index contributed by atoms with van der Waals surface area (Å²) in [7, 11) is 1.99. The van der Waals surface area contributed by atoms with Crippen LogP contribution in [0.5, 0.6) is 0 Å². The lowest BCUT2D eigenvalue weighted by molar-refractivity contribution is 0.392. The molecule has 0 amide bonds. The second-order valence-electron chi connectivity index (χ2n) is 5.72. The van der Waals surface area contributed by atoms with Crippen molar-refractivity contribution < 1.29 is 0 Å². The summed E-state index contributed by atoms with van der Waals surface area (Å²) >= 11 is 0. The van der Waals surface area contributed by atoms with Gasteiger partial charge in [-0.2, -0.15) is 5.10 Å². The molecule has 1 heterocycles. The van der Waals surface area contributed by atoms with Crippen LogP contribution in [0.4, 0.5) is 0 Å². The number of nitrogens with zero attached hydrogens (tertiary/aromatic N) is 2. The van der Waals surface area contributed by atoms with Gasteiger partial charge in [-0.1, -0.05) is 34.6 Å². The van der Waals surface area contributed by atoms with E-state index in [9.17, 15) is 0 Å². The molecule has 0 saturated heterocycles. The van der Waals surface area contributed by atoms with Crippen LogP contribution in [0.2, 0.25) is 0 Å². The number of aromatic nitrogens is 2. The van der Waals surface area contributed by atoms with Crippen LogP contribution in [-0.2, 0) is 13.6 Å². The number of hydrogen-bond donors (Lipinski definition) is 1. The topological polar surface area (TPSA) is 29.9 Å². The first kappa shape index (κ1) is 14.2. The van der Waals surface area contributed by atoms with Crippen LogP contribution in [-0.4, -0.2) is 16.3 Å². The molecule has 0 fully saturated rings. The first-order chi connectivity index (χ1) is 7.91. The molecule has 1 aromatic heterocycles. The van der Waals surface area contributed by atoms with E-state index >= 15 is 0 Å². The van der Waals surface area contributed by atoms with Crippen LogP contribution in [0.3, 0.4) is 0 Å². The van der Waals surface area contributed by atoms with Crippen LogP contribution in [0.25, 0.3) is 0 Å². The highest BCUT2D eigenvalue weighted by molar-refractivity contribution is 5.19. The summed E-state index contributed by atoms with van der Waals surface area (Å²) in [6.45, 7) is 13.2. The molecule has 1 N–H and O–H groups in total. The smallest absolute Gasteiger partial charge is 0.0694 e. The summed E-state index contributed by atoms with van der Waals surface area (Å²) in [4.78, 5) is 0. The number of rotatable bonds is 6. The van der Waals surface area contributed by atoms with E-state index in [2.05, 4.69) is 51.2 Å². The van der Waals surface area contributed by atoms with E-state index in [4.69, 9.17) is 0 Å². The highest BCUT2D eigenvalue weighted by Crippen LogP contribution is 2.17. The minimum Gasteiger partial charge on any atom is -0.312 e. The molecule has 1 rings (SSSR count). The quantitative estimate of drug-likeness (QED) is 0.824. The maximum absolute atomic E-state index is 4.52. The average molecular weight is 237 g/mol. The molecule has 1 unspecified atom stereocenters. The van der Waals surface area contributed by atoms with Gasteiger partial charge in [0.15, 0.2) is 0 Å². The van der Waals surface area contributed by atoms with Gasteiger partial charge < -0.3 is 5.32 Å². The van der Waals surface area contributed by atoms with Crippen molar-refractivity contribution in [3.63, 3.8) is 0 Å².